The van der Waals surface area contributed by atoms with Crippen LogP contribution in [-0.2, 0) is 11.8 Å². The summed E-state index contributed by atoms with van der Waals surface area (Å²) in [6.07, 6.45) is 6.64. The highest BCUT2D eigenvalue weighted by atomic mass is 32.2. The molecule has 0 heterocycles. The molecule has 1 aromatic carbocycles. The van der Waals surface area contributed by atoms with Crippen LogP contribution in [0.2, 0.25) is 0 Å². The van der Waals surface area contributed by atoms with Gasteiger partial charge in [-0.15, -0.1) is 0 Å². The Labute approximate surface area is 128 Å². The topological polar surface area (TPSA) is 26.0 Å². The standard InChI is InChI=1S/C18H29NS/c1-18(2,3)15-10-8-14(9-11-15)12-16(19)13-20-17-6-4-5-7-17/h8-11,16-17H,4-7,12-13,19H2,1-3H3. The maximum atomic E-state index is 6.29. The van der Waals surface area contributed by atoms with E-state index in [2.05, 4.69) is 56.8 Å². The number of nitrogens with two attached hydrogens (primary N) is 1. The van der Waals surface area contributed by atoms with Crippen molar-refractivity contribution in [1.29, 1.82) is 0 Å². The van der Waals surface area contributed by atoms with E-state index in [1.807, 2.05) is 0 Å². The minimum absolute atomic E-state index is 0.235. The third-order valence-corrected chi connectivity index (χ3v) is 5.73. The zero-order valence-electron chi connectivity index (χ0n) is 13.2. The molecule has 0 saturated heterocycles. The first kappa shape index (κ1) is 15.9. The smallest absolute Gasteiger partial charge is 0.0171 e. The molecule has 0 aliphatic heterocycles. The molecule has 2 rings (SSSR count). The summed E-state index contributed by atoms with van der Waals surface area (Å²) in [6, 6.07) is 9.31. The van der Waals surface area contributed by atoms with E-state index in [0.717, 1.165) is 17.4 Å². The molecule has 0 radical (unpaired) electrons. The van der Waals surface area contributed by atoms with Gasteiger partial charge < -0.3 is 5.73 Å². The van der Waals surface area contributed by atoms with E-state index in [9.17, 15) is 0 Å². The number of hydrogen-bond acceptors (Lipinski definition) is 2. The quantitative estimate of drug-likeness (QED) is 0.862. The lowest BCUT2D eigenvalue weighted by Crippen LogP contribution is -2.26. The first-order chi connectivity index (χ1) is 9.45. The summed E-state index contributed by atoms with van der Waals surface area (Å²) in [6.45, 7) is 6.77. The molecule has 0 aromatic heterocycles. The molecule has 1 nitrogen and oxygen atoms in total. The molecule has 1 aromatic rings. The summed E-state index contributed by atoms with van der Waals surface area (Å²) in [5.41, 5.74) is 9.29. The van der Waals surface area contributed by atoms with Gasteiger partial charge in [0.1, 0.15) is 0 Å². The summed E-state index contributed by atoms with van der Waals surface area (Å²) in [4.78, 5) is 0. The Morgan fingerprint density at radius 1 is 1.15 bits per heavy atom. The maximum Gasteiger partial charge on any atom is 0.0171 e. The highest BCUT2D eigenvalue weighted by Gasteiger charge is 2.17. The molecule has 1 saturated carbocycles. The van der Waals surface area contributed by atoms with E-state index in [1.54, 1.807) is 0 Å². The zero-order valence-corrected chi connectivity index (χ0v) is 14.0. The van der Waals surface area contributed by atoms with Crippen molar-refractivity contribution in [3.63, 3.8) is 0 Å². The van der Waals surface area contributed by atoms with E-state index < -0.39 is 0 Å². The average Bonchev–Trinajstić information content (AvgIpc) is 2.89. The molecule has 1 fully saturated rings. The normalized spacial score (nSPS) is 18.4. The van der Waals surface area contributed by atoms with Gasteiger partial charge in [-0.2, -0.15) is 11.8 Å². The van der Waals surface area contributed by atoms with Gasteiger partial charge in [0, 0.05) is 17.0 Å². The lowest BCUT2D eigenvalue weighted by atomic mass is 9.86. The molecule has 1 aliphatic carbocycles. The molecule has 1 aliphatic rings. The molecule has 1 atom stereocenters. The van der Waals surface area contributed by atoms with Crippen LogP contribution in [-0.4, -0.2) is 17.0 Å². The first-order valence-corrected chi connectivity index (χ1v) is 8.96. The second kappa shape index (κ2) is 7.00. The van der Waals surface area contributed by atoms with Gasteiger partial charge in [0.15, 0.2) is 0 Å². The minimum Gasteiger partial charge on any atom is -0.327 e. The fourth-order valence-electron chi connectivity index (χ4n) is 2.82. The summed E-state index contributed by atoms with van der Waals surface area (Å²) in [5, 5.41) is 0.879. The van der Waals surface area contributed by atoms with Crippen LogP contribution in [0.1, 0.15) is 57.6 Å². The predicted molar refractivity (Wildman–Crippen MR) is 91.5 cm³/mol. The maximum absolute atomic E-state index is 6.29. The van der Waals surface area contributed by atoms with Gasteiger partial charge in [-0.05, 0) is 35.8 Å². The lowest BCUT2D eigenvalue weighted by Gasteiger charge is -2.20. The Balaban J connectivity index is 1.80. The highest BCUT2D eigenvalue weighted by molar-refractivity contribution is 7.99. The Morgan fingerprint density at radius 2 is 1.75 bits per heavy atom. The number of hydrogen-bond donors (Lipinski definition) is 1. The molecule has 0 bridgehead atoms. The molecule has 20 heavy (non-hydrogen) atoms. The van der Waals surface area contributed by atoms with Crippen molar-refractivity contribution in [3.8, 4) is 0 Å². The highest BCUT2D eigenvalue weighted by Crippen LogP contribution is 2.30. The Hall–Kier alpha value is -0.470. The molecular formula is C18H29NS. The molecule has 2 heteroatoms. The van der Waals surface area contributed by atoms with Crippen molar-refractivity contribution < 1.29 is 0 Å². The van der Waals surface area contributed by atoms with Crippen molar-refractivity contribution in [2.75, 3.05) is 5.75 Å². The van der Waals surface area contributed by atoms with Gasteiger partial charge in [-0.1, -0.05) is 57.9 Å². The Morgan fingerprint density at radius 3 is 2.30 bits per heavy atom. The van der Waals surface area contributed by atoms with Gasteiger partial charge in [0.05, 0.1) is 0 Å². The second-order valence-electron chi connectivity index (χ2n) is 7.15. The molecule has 0 spiro atoms. The monoisotopic (exact) mass is 291 g/mol. The second-order valence-corrected chi connectivity index (χ2v) is 8.48. The van der Waals surface area contributed by atoms with E-state index in [4.69, 9.17) is 5.73 Å². The average molecular weight is 292 g/mol. The van der Waals surface area contributed by atoms with Crippen molar-refractivity contribution in [2.24, 2.45) is 5.73 Å². The number of rotatable bonds is 5. The van der Waals surface area contributed by atoms with Crippen LogP contribution in [0.25, 0.3) is 0 Å². The Bertz CT molecular complexity index is 398. The summed E-state index contributed by atoms with van der Waals surface area (Å²) in [7, 11) is 0. The van der Waals surface area contributed by atoms with Gasteiger partial charge in [-0.25, -0.2) is 0 Å². The van der Waals surface area contributed by atoms with Crippen molar-refractivity contribution >= 4 is 11.8 Å². The predicted octanol–water partition coefficient (Wildman–Crippen LogP) is 4.53. The number of thioether (sulfide) groups is 1. The Kier molecular flexibility index (Phi) is 5.57. The number of benzene rings is 1. The van der Waals surface area contributed by atoms with Crippen molar-refractivity contribution in [2.45, 2.75) is 69.6 Å². The lowest BCUT2D eigenvalue weighted by molar-refractivity contribution is 0.589. The minimum atomic E-state index is 0.235. The van der Waals surface area contributed by atoms with Crippen LogP contribution in [0, 0.1) is 0 Å². The SMILES string of the molecule is CC(C)(C)c1ccc(CC(N)CSC2CCCC2)cc1. The van der Waals surface area contributed by atoms with Crippen LogP contribution >= 0.6 is 11.8 Å². The fraction of sp³-hybridized carbons (Fsp3) is 0.667. The van der Waals surface area contributed by atoms with E-state index in [-0.39, 0.29) is 5.41 Å². The van der Waals surface area contributed by atoms with Crippen LogP contribution in [0.3, 0.4) is 0 Å². The summed E-state index contributed by atoms with van der Waals surface area (Å²) < 4.78 is 0. The van der Waals surface area contributed by atoms with Crippen LogP contribution in [0.5, 0.6) is 0 Å². The van der Waals surface area contributed by atoms with Gasteiger partial charge in [0.25, 0.3) is 0 Å². The van der Waals surface area contributed by atoms with E-state index in [1.165, 1.54) is 36.8 Å². The largest absolute Gasteiger partial charge is 0.327 e. The summed E-state index contributed by atoms with van der Waals surface area (Å²) >= 11 is 2.09. The van der Waals surface area contributed by atoms with Gasteiger partial charge in [-0.3, -0.25) is 0 Å². The third-order valence-electron chi connectivity index (χ3n) is 4.17. The fourth-order valence-corrected chi connectivity index (χ4v) is 4.12. The van der Waals surface area contributed by atoms with Crippen molar-refractivity contribution in [1.82, 2.24) is 0 Å². The van der Waals surface area contributed by atoms with Crippen LogP contribution in [0.15, 0.2) is 24.3 Å². The molecule has 2 N–H and O–H groups in total. The zero-order chi connectivity index (χ0) is 14.6. The van der Waals surface area contributed by atoms with E-state index >= 15 is 0 Å². The molecule has 1 unspecified atom stereocenters. The molecular weight excluding hydrogens is 262 g/mol. The van der Waals surface area contributed by atoms with E-state index in [0.29, 0.717) is 6.04 Å². The van der Waals surface area contributed by atoms with Crippen LogP contribution in [0.4, 0.5) is 0 Å². The van der Waals surface area contributed by atoms with Crippen molar-refractivity contribution in [3.05, 3.63) is 35.4 Å². The van der Waals surface area contributed by atoms with Gasteiger partial charge >= 0.3 is 0 Å². The molecule has 0 amide bonds. The first-order valence-electron chi connectivity index (χ1n) is 7.92. The van der Waals surface area contributed by atoms with Gasteiger partial charge in [0.2, 0.25) is 0 Å². The third kappa shape index (κ3) is 4.82. The van der Waals surface area contributed by atoms with Crippen LogP contribution < -0.4 is 5.73 Å². The molecule has 112 valence electrons. The summed E-state index contributed by atoms with van der Waals surface area (Å²) in [5.74, 6) is 1.10.